The van der Waals surface area contributed by atoms with Gasteiger partial charge in [0.2, 0.25) is 0 Å². The van der Waals surface area contributed by atoms with Crippen LogP contribution in [0.2, 0.25) is 0 Å². The predicted octanol–water partition coefficient (Wildman–Crippen LogP) is 6.68. The molecule has 0 radical (unpaired) electrons. The van der Waals surface area contributed by atoms with Gasteiger partial charge in [0.05, 0.1) is 10.9 Å². The molecule has 2 heterocycles. The summed E-state index contributed by atoms with van der Waals surface area (Å²) in [4.78, 5) is 18.2. The molecule has 0 spiro atoms. The fourth-order valence-electron chi connectivity index (χ4n) is 3.98. The first kappa shape index (κ1) is 20.2. The Morgan fingerprint density at radius 3 is 2.47 bits per heavy atom. The van der Waals surface area contributed by atoms with Crippen LogP contribution in [-0.4, -0.2) is 10.9 Å². The summed E-state index contributed by atoms with van der Waals surface area (Å²) in [7, 11) is 0. The molecule has 1 N–H and O–H groups in total. The van der Waals surface area contributed by atoms with Gasteiger partial charge in [0.1, 0.15) is 0 Å². The van der Waals surface area contributed by atoms with E-state index >= 15 is 0 Å². The molecule has 0 aliphatic carbocycles. The molecule has 32 heavy (non-hydrogen) atoms. The molecule has 5 aromatic rings. The number of pyridine rings is 1. The van der Waals surface area contributed by atoms with Gasteiger partial charge >= 0.3 is 0 Å². The zero-order chi connectivity index (χ0) is 21.8. The highest BCUT2D eigenvalue weighted by Gasteiger charge is 2.20. The van der Waals surface area contributed by atoms with Crippen molar-refractivity contribution in [2.24, 2.45) is 0 Å². The third-order valence-electron chi connectivity index (χ3n) is 5.57. The van der Waals surface area contributed by atoms with Crippen LogP contribution in [-0.2, 0) is 6.42 Å². The van der Waals surface area contributed by atoms with E-state index in [2.05, 4.69) is 46.7 Å². The van der Waals surface area contributed by atoms with E-state index in [-0.39, 0.29) is 11.9 Å². The van der Waals surface area contributed by atoms with Gasteiger partial charge < -0.3 is 5.32 Å². The lowest BCUT2D eigenvalue weighted by atomic mass is 9.93. The van der Waals surface area contributed by atoms with Gasteiger partial charge in [-0.05, 0) is 52.3 Å². The molecule has 3 nitrogen and oxygen atoms in total. The Kier molecular flexibility index (Phi) is 5.77. The molecule has 0 aliphatic heterocycles. The van der Waals surface area contributed by atoms with Crippen LogP contribution in [0.5, 0.6) is 0 Å². The average molecular weight is 435 g/mol. The first-order valence-corrected chi connectivity index (χ1v) is 11.4. The Morgan fingerprint density at radius 1 is 0.875 bits per heavy atom. The molecule has 0 bridgehead atoms. The predicted molar refractivity (Wildman–Crippen MR) is 132 cm³/mol. The Hall–Kier alpha value is -3.76. The molecule has 4 heteroatoms. The summed E-state index contributed by atoms with van der Waals surface area (Å²) >= 11 is 1.52. The number of nitrogens with zero attached hydrogens (tertiary/aromatic N) is 1. The third kappa shape index (κ3) is 4.32. The van der Waals surface area contributed by atoms with Crippen molar-refractivity contribution in [3.8, 4) is 11.1 Å². The highest BCUT2D eigenvalue weighted by Crippen LogP contribution is 2.29. The second kappa shape index (κ2) is 9.16. The summed E-state index contributed by atoms with van der Waals surface area (Å²) in [6.45, 7) is 0. The number of aromatic nitrogens is 1. The average Bonchev–Trinajstić information content (AvgIpc) is 3.30. The van der Waals surface area contributed by atoms with E-state index in [1.807, 2.05) is 66.9 Å². The van der Waals surface area contributed by atoms with Crippen LogP contribution in [0.15, 0.2) is 109 Å². The normalized spacial score (nSPS) is 11.9. The first-order valence-electron chi connectivity index (χ1n) is 10.6. The number of nitrogens with one attached hydrogen (secondary N) is 1. The van der Waals surface area contributed by atoms with Crippen molar-refractivity contribution in [1.82, 2.24) is 10.3 Å². The Bertz CT molecular complexity index is 1310. The number of thiophene rings is 1. The minimum absolute atomic E-state index is 0.0581. The maximum Gasteiger partial charge on any atom is 0.261 e. The van der Waals surface area contributed by atoms with E-state index in [1.54, 1.807) is 6.20 Å². The number of hydrogen-bond acceptors (Lipinski definition) is 3. The van der Waals surface area contributed by atoms with Crippen LogP contribution >= 0.6 is 11.3 Å². The van der Waals surface area contributed by atoms with Gasteiger partial charge in [0, 0.05) is 17.1 Å². The quantitative estimate of drug-likeness (QED) is 0.324. The lowest BCUT2D eigenvalue weighted by Gasteiger charge is -2.20. The maximum atomic E-state index is 13.2. The molecule has 156 valence electrons. The van der Waals surface area contributed by atoms with Crippen LogP contribution in [0, 0.1) is 0 Å². The molecule has 2 aromatic heterocycles. The van der Waals surface area contributed by atoms with Gasteiger partial charge in [-0.1, -0.05) is 78.9 Å². The molecule has 0 saturated heterocycles. The molecule has 0 fully saturated rings. The van der Waals surface area contributed by atoms with Gasteiger partial charge in [-0.25, -0.2) is 0 Å². The summed E-state index contributed by atoms with van der Waals surface area (Å²) in [5, 5.41) is 4.36. The topological polar surface area (TPSA) is 42.0 Å². The SMILES string of the molecule is O=C(NC(Cc1ccccc1-c1ccccc1)c1cccnc1)c1cc2ccccc2s1. The summed E-state index contributed by atoms with van der Waals surface area (Å²) in [5.74, 6) is -0.0581. The molecule has 3 aromatic carbocycles. The van der Waals surface area contributed by atoms with E-state index < -0.39 is 0 Å². The number of benzene rings is 3. The van der Waals surface area contributed by atoms with Gasteiger partial charge in [0.25, 0.3) is 5.91 Å². The molecule has 5 rings (SSSR count). The van der Waals surface area contributed by atoms with Crippen LogP contribution in [0.25, 0.3) is 21.2 Å². The number of carbonyl (C=O) groups excluding carboxylic acids is 1. The van der Waals surface area contributed by atoms with E-state index in [0.29, 0.717) is 6.42 Å². The number of fused-ring (bicyclic) bond motifs is 1. The van der Waals surface area contributed by atoms with Gasteiger partial charge in [-0.3, -0.25) is 9.78 Å². The van der Waals surface area contributed by atoms with Gasteiger partial charge in [-0.15, -0.1) is 11.3 Å². The van der Waals surface area contributed by atoms with Gasteiger partial charge in [-0.2, -0.15) is 0 Å². The lowest BCUT2D eigenvalue weighted by Crippen LogP contribution is -2.29. The Morgan fingerprint density at radius 2 is 1.66 bits per heavy atom. The fraction of sp³-hybridized carbons (Fsp3) is 0.0714. The summed E-state index contributed by atoms with van der Waals surface area (Å²) in [5.41, 5.74) is 4.52. The zero-order valence-corrected chi connectivity index (χ0v) is 18.3. The molecule has 0 saturated carbocycles. The maximum absolute atomic E-state index is 13.2. The third-order valence-corrected chi connectivity index (χ3v) is 6.68. The highest BCUT2D eigenvalue weighted by atomic mass is 32.1. The van der Waals surface area contributed by atoms with Gasteiger partial charge in [0.15, 0.2) is 0 Å². The van der Waals surface area contributed by atoms with Crippen molar-refractivity contribution in [2.75, 3.05) is 0 Å². The smallest absolute Gasteiger partial charge is 0.261 e. The molecule has 1 atom stereocenters. The van der Waals surface area contributed by atoms with Crippen molar-refractivity contribution in [2.45, 2.75) is 12.5 Å². The standard InChI is InChI=1S/C28H22N2OS/c31-28(27-18-22-12-5-7-15-26(22)32-27)30-25(23-13-8-16-29-19-23)17-21-11-4-6-14-24(21)20-9-2-1-3-10-20/h1-16,18-19,25H,17H2,(H,30,31). The van der Waals surface area contributed by atoms with E-state index in [0.717, 1.165) is 20.5 Å². The van der Waals surface area contributed by atoms with Crippen LogP contribution in [0.1, 0.15) is 26.8 Å². The van der Waals surface area contributed by atoms with Crippen LogP contribution in [0.4, 0.5) is 0 Å². The number of hydrogen-bond donors (Lipinski definition) is 1. The van der Waals surface area contributed by atoms with E-state index in [9.17, 15) is 4.79 Å². The Labute approximate surface area is 191 Å². The summed E-state index contributed by atoms with van der Waals surface area (Å²) < 4.78 is 1.12. The van der Waals surface area contributed by atoms with E-state index in [1.165, 1.54) is 28.0 Å². The Balaban J connectivity index is 1.47. The van der Waals surface area contributed by atoms with Crippen molar-refractivity contribution in [3.05, 3.63) is 125 Å². The van der Waals surface area contributed by atoms with Crippen molar-refractivity contribution in [3.63, 3.8) is 0 Å². The zero-order valence-electron chi connectivity index (χ0n) is 17.4. The van der Waals surface area contributed by atoms with Crippen molar-refractivity contribution >= 4 is 27.3 Å². The molecular weight excluding hydrogens is 412 g/mol. The molecule has 1 amide bonds. The second-order valence-corrected chi connectivity index (χ2v) is 8.77. The largest absolute Gasteiger partial charge is 0.344 e. The molecule has 0 aliphatic rings. The van der Waals surface area contributed by atoms with Crippen LogP contribution in [0.3, 0.4) is 0 Å². The number of amides is 1. The summed E-state index contributed by atoms with van der Waals surface area (Å²) in [6, 6.07) is 32.5. The molecular formula is C28H22N2OS. The van der Waals surface area contributed by atoms with Crippen molar-refractivity contribution < 1.29 is 4.79 Å². The monoisotopic (exact) mass is 434 g/mol. The number of carbonyl (C=O) groups is 1. The fourth-order valence-corrected chi connectivity index (χ4v) is 4.94. The second-order valence-electron chi connectivity index (χ2n) is 7.69. The minimum Gasteiger partial charge on any atom is -0.344 e. The van der Waals surface area contributed by atoms with E-state index in [4.69, 9.17) is 0 Å². The summed E-state index contributed by atoms with van der Waals surface area (Å²) in [6.07, 6.45) is 4.26. The first-order chi connectivity index (χ1) is 15.8. The van der Waals surface area contributed by atoms with Crippen molar-refractivity contribution in [1.29, 1.82) is 0 Å². The highest BCUT2D eigenvalue weighted by molar-refractivity contribution is 7.20. The number of rotatable bonds is 6. The van der Waals surface area contributed by atoms with Crippen LogP contribution < -0.4 is 5.32 Å². The lowest BCUT2D eigenvalue weighted by molar-refractivity contribution is 0.0940. The minimum atomic E-state index is -0.189. The molecule has 1 unspecified atom stereocenters.